The van der Waals surface area contributed by atoms with Crippen LogP contribution >= 0.6 is 15.9 Å². The van der Waals surface area contributed by atoms with E-state index in [9.17, 15) is 0 Å². The average molecular weight is 329 g/mol. The molecule has 0 aliphatic heterocycles. The fourth-order valence-electron chi connectivity index (χ4n) is 2.07. The molecule has 100 valence electrons. The van der Waals surface area contributed by atoms with Crippen LogP contribution in [0.4, 0.5) is 0 Å². The van der Waals surface area contributed by atoms with E-state index in [0.717, 1.165) is 26.6 Å². The summed E-state index contributed by atoms with van der Waals surface area (Å²) in [6.07, 6.45) is 1.70. The fraction of sp³-hybridized carbons (Fsp3) is 0.0625. The minimum Gasteiger partial charge on any atom is -0.437 e. The zero-order valence-electron chi connectivity index (χ0n) is 10.7. The molecule has 0 saturated heterocycles. The van der Waals surface area contributed by atoms with Crippen LogP contribution in [0.15, 0.2) is 59.2 Å². The molecule has 0 aliphatic carbocycles. The van der Waals surface area contributed by atoms with Crippen molar-refractivity contribution in [3.8, 4) is 11.6 Å². The number of benzene rings is 2. The summed E-state index contributed by atoms with van der Waals surface area (Å²) in [5.74, 6) is 1.28. The third kappa shape index (κ3) is 2.40. The van der Waals surface area contributed by atoms with E-state index in [0.29, 0.717) is 12.4 Å². The van der Waals surface area contributed by atoms with Gasteiger partial charge < -0.3 is 10.5 Å². The molecule has 20 heavy (non-hydrogen) atoms. The molecule has 3 nitrogen and oxygen atoms in total. The normalized spacial score (nSPS) is 10.7. The molecule has 0 bridgehead atoms. The van der Waals surface area contributed by atoms with Gasteiger partial charge in [0.05, 0.1) is 4.47 Å². The molecule has 0 saturated carbocycles. The Morgan fingerprint density at radius 2 is 1.90 bits per heavy atom. The van der Waals surface area contributed by atoms with Gasteiger partial charge in [-0.05, 0) is 38.8 Å². The molecule has 2 N–H and O–H groups in total. The SMILES string of the molecule is NCc1cccnc1Oc1ccc2ccccc2c1Br. The molecule has 2 aromatic carbocycles. The Labute approximate surface area is 125 Å². The zero-order valence-corrected chi connectivity index (χ0v) is 12.3. The van der Waals surface area contributed by atoms with Crippen molar-refractivity contribution in [2.75, 3.05) is 0 Å². The molecule has 0 fully saturated rings. The van der Waals surface area contributed by atoms with Gasteiger partial charge in [0.25, 0.3) is 0 Å². The van der Waals surface area contributed by atoms with E-state index in [1.54, 1.807) is 6.20 Å². The predicted octanol–water partition coefficient (Wildman–Crippen LogP) is 4.25. The minimum absolute atomic E-state index is 0.397. The summed E-state index contributed by atoms with van der Waals surface area (Å²) in [5, 5.41) is 2.27. The highest BCUT2D eigenvalue weighted by atomic mass is 79.9. The Morgan fingerprint density at radius 1 is 1.05 bits per heavy atom. The van der Waals surface area contributed by atoms with Crippen molar-refractivity contribution in [2.24, 2.45) is 5.73 Å². The highest BCUT2D eigenvalue weighted by Gasteiger charge is 2.09. The van der Waals surface area contributed by atoms with Gasteiger partial charge in [-0.3, -0.25) is 0 Å². The highest BCUT2D eigenvalue weighted by Crippen LogP contribution is 2.35. The average Bonchev–Trinajstić information content (AvgIpc) is 2.51. The Hall–Kier alpha value is -1.91. The van der Waals surface area contributed by atoms with E-state index in [1.807, 2.05) is 36.4 Å². The van der Waals surface area contributed by atoms with Gasteiger partial charge >= 0.3 is 0 Å². The molecular formula is C16H13BrN2O. The maximum absolute atomic E-state index is 5.90. The Bertz CT molecular complexity index is 758. The largest absolute Gasteiger partial charge is 0.437 e. The number of hydrogen-bond donors (Lipinski definition) is 1. The van der Waals surface area contributed by atoms with Gasteiger partial charge in [0.15, 0.2) is 0 Å². The van der Waals surface area contributed by atoms with Crippen molar-refractivity contribution in [2.45, 2.75) is 6.54 Å². The van der Waals surface area contributed by atoms with Gasteiger partial charge in [-0.2, -0.15) is 0 Å². The number of hydrogen-bond acceptors (Lipinski definition) is 3. The van der Waals surface area contributed by atoms with Crippen LogP contribution in [0.5, 0.6) is 11.6 Å². The lowest BCUT2D eigenvalue weighted by atomic mass is 10.1. The molecule has 3 aromatic rings. The first-order chi connectivity index (χ1) is 9.79. The number of ether oxygens (including phenoxy) is 1. The highest BCUT2D eigenvalue weighted by molar-refractivity contribution is 9.10. The Balaban J connectivity index is 2.05. The van der Waals surface area contributed by atoms with Gasteiger partial charge in [-0.1, -0.05) is 36.4 Å². The molecule has 4 heteroatoms. The lowest BCUT2D eigenvalue weighted by Crippen LogP contribution is -2.01. The van der Waals surface area contributed by atoms with Crippen molar-refractivity contribution in [3.05, 3.63) is 64.8 Å². The van der Waals surface area contributed by atoms with Crippen molar-refractivity contribution in [1.82, 2.24) is 4.98 Å². The first-order valence-corrected chi connectivity index (χ1v) is 7.08. The minimum atomic E-state index is 0.397. The number of pyridine rings is 1. The summed E-state index contributed by atoms with van der Waals surface area (Å²) in [6, 6.07) is 15.9. The molecule has 0 atom stereocenters. The maximum Gasteiger partial charge on any atom is 0.223 e. The molecule has 0 aliphatic rings. The molecule has 1 aromatic heterocycles. The van der Waals surface area contributed by atoms with Crippen molar-refractivity contribution < 1.29 is 4.74 Å². The third-order valence-corrected chi connectivity index (χ3v) is 3.92. The summed E-state index contributed by atoms with van der Waals surface area (Å²) in [5.41, 5.74) is 6.58. The van der Waals surface area contributed by atoms with Gasteiger partial charge in [0.1, 0.15) is 5.75 Å². The molecule has 0 amide bonds. The van der Waals surface area contributed by atoms with Crippen LogP contribution in [-0.4, -0.2) is 4.98 Å². The standard InChI is InChI=1S/C16H13BrN2O/c17-15-13-6-2-1-4-11(13)7-8-14(15)20-16-12(10-18)5-3-9-19-16/h1-9H,10,18H2. The van der Waals surface area contributed by atoms with Crippen molar-refractivity contribution >= 4 is 26.7 Å². The number of nitrogens with two attached hydrogens (primary N) is 1. The zero-order chi connectivity index (χ0) is 13.9. The fourth-order valence-corrected chi connectivity index (χ4v) is 2.64. The second-order valence-corrected chi connectivity index (χ2v) is 5.17. The van der Waals surface area contributed by atoms with Crippen molar-refractivity contribution in [3.63, 3.8) is 0 Å². The summed E-state index contributed by atoms with van der Waals surface area (Å²) in [7, 11) is 0. The molecule has 3 rings (SSSR count). The second-order valence-electron chi connectivity index (χ2n) is 4.37. The number of halogens is 1. The topological polar surface area (TPSA) is 48.1 Å². The van der Waals surface area contributed by atoms with Gasteiger partial charge in [0.2, 0.25) is 5.88 Å². The first-order valence-electron chi connectivity index (χ1n) is 6.28. The van der Waals surface area contributed by atoms with E-state index in [1.165, 1.54) is 0 Å². The number of rotatable bonds is 3. The summed E-state index contributed by atoms with van der Waals surface area (Å²) in [6.45, 7) is 0.397. The Morgan fingerprint density at radius 3 is 2.75 bits per heavy atom. The number of aromatic nitrogens is 1. The van der Waals surface area contributed by atoms with Gasteiger partial charge in [-0.15, -0.1) is 0 Å². The number of fused-ring (bicyclic) bond motifs is 1. The van der Waals surface area contributed by atoms with E-state index < -0.39 is 0 Å². The lowest BCUT2D eigenvalue weighted by Gasteiger charge is -2.11. The number of nitrogens with zero attached hydrogens (tertiary/aromatic N) is 1. The van der Waals surface area contributed by atoms with Crippen LogP contribution in [0.3, 0.4) is 0 Å². The van der Waals surface area contributed by atoms with Crippen LogP contribution < -0.4 is 10.5 Å². The maximum atomic E-state index is 5.90. The summed E-state index contributed by atoms with van der Waals surface area (Å²) >= 11 is 3.60. The van der Waals surface area contributed by atoms with Crippen molar-refractivity contribution in [1.29, 1.82) is 0 Å². The summed E-state index contributed by atoms with van der Waals surface area (Å²) in [4.78, 5) is 4.24. The molecule has 0 spiro atoms. The van der Waals surface area contributed by atoms with Crippen LogP contribution in [0.2, 0.25) is 0 Å². The van der Waals surface area contributed by atoms with Crippen LogP contribution in [0.1, 0.15) is 5.56 Å². The van der Waals surface area contributed by atoms with Crippen LogP contribution in [0, 0.1) is 0 Å². The van der Waals surface area contributed by atoms with E-state index in [-0.39, 0.29) is 0 Å². The molecule has 0 radical (unpaired) electrons. The third-order valence-electron chi connectivity index (χ3n) is 3.10. The van der Waals surface area contributed by atoms with Gasteiger partial charge in [0, 0.05) is 18.3 Å². The Kier molecular flexibility index (Phi) is 3.67. The predicted molar refractivity (Wildman–Crippen MR) is 83.9 cm³/mol. The molecule has 1 heterocycles. The van der Waals surface area contributed by atoms with Gasteiger partial charge in [-0.25, -0.2) is 4.98 Å². The van der Waals surface area contributed by atoms with E-state index >= 15 is 0 Å². The second kappa shape index (κ2) is 5.61. The quantitative estimate of drug-likeness (QED) is 0.781. The van der Waals surface area contributed by atoms with Crippen LogP contribution in [0.25, 0.3) is 10.8 Å². The van der Waals surface area contributed by atoms with E-state index in [2.05, 4.69) is 33.0 Å². The first kappa shape index (κ1) is 13.1. The molecular weight excluding hydrogens is 316 g/mol. The molecule has 0 unspecified atom stereocenters. The monoisotopic (exact) mass is 328 g/mol. The summed E-state index contributed by atoms with van der Waals surface area (Å²) < 4.78 is 6.82. The smallest absolute Gasteiger partial charge is 0.223 e. The van der Waals surface area contributed by atoms with Crippen LogP contribution in [-0.2, 0) is 6.54 Å². The van der Waals surface area contributed by atoms with E-state index in [4.69, 9.17) is 10.5 Å². The lowest BCUT2D eigenvalue weighted by molar-refractivity contribution is 0.454.